The van der Waals surface area contributed by atoms with Crippen molar-refractivity contribution in [2.24, 2.45) is 16.8 Å². The molecule has 1 aliphatic heterocycles. The minimum atomic E-state index is -0.468. The smallest absolute Gasteiger partial charge is 0.330 e. The van der Waals surface area contributed by atoms with Gasteiger partial charge in [-0.1, -0.05) is 44.2 Å². The molecule has 37 heavy (non-hydrogen) atoms. The Morgan fingerprint density at radius 2 is 1.81 bits per heavy atom. The summed E-state index contributed by atoms with van der Waals surface area (Å²) >= 11 is 0. The number of amidine groups is 2. The van der Waals surface area contributed by atoms with Crippen LogP contribution < -0.4 is 10.6 Å². The zero-order chi connectivity index (χ0) is 26.4. The fourth-order valence-corrected chi connectivity index (χ4v) is 4.48. The van der Waals surface area contributed by atoms with Crippen molar-refractivity contribution in [3.05, 3.63) is 78.6 Å². The van der Waals surface area contributed by atoms with Gasteiger partial charge < -0.3 is 5.32 Å². The van der Waals surface area contributed by atoms with Gasteiger partial charge in [0.25, 0.3) is 0 Å². The SMILES string of the molecule is CC/N=C1/[C@@H](C(NCc2ccc(-n3cccn3)cc2)Nc2ccccc2)C(=N)N(CC(C)C)C(=O)N1C. The maximum Gasteiger partial charge on any atom is 0.330 e. The quantitative estimate of drug-likeness (QED) is 0.358. The third kappa shape index (κ3) is 6.06. The van der Waals surface area contributed by atoms with Gasteiger partial charge in [-0.2, -0.15) is 5.10 Å². The zero-order valence-corrected chi connectivity index (χ0v) is 21.9. The number of hydrogen-bond acceptors (Lipinski definition) is 6. The molecule has 3 N–H and O–H groups in total. The lowest BCUT2D eigenvalue weighted by Gasteiger charge is -2.43. The van der Waals surface area contributed by atoms with E-state index in [2.05, 4.69) is 46.7 Å². The normalized spacial score (nSPS) is 18.1. The number of benzene rings is 2. The first-order valence-corrected chi connectivity index (χ1v) is 12.7. The third-order valence-electron chi connectivity index (χ3n) is 6.25. The van der Waals surface area contributed by atoms with Crippen LogP contribution in [0.3, 0.4) is 0 Å². The number of rotatable bonds is 10. The molecule has 0 aliphatic carbocycles. The molecule has 1 aliphatic rings. The number of nitrogens with one attached hydrogen (secondary N) is 3. The highest BCUT2D eigenvalue weighted by Gasteiger charge is 2.44. The molecule has 2 atom stereocenters. The highest BCUT2D eigenvalue weighted by Crippen LogP contribution is 2.24. The molecule has 2 aromatic carbocycles. The second-order valence-electron chi connectivity index (χ2n) is 9.53. The van der Waals surface area contributed by atoms with Crippen LogP contribution >= 0.6 is 0 Å². The number of para-hydroxylation sites is 1. The molecule has 9 nitrogen and oxygen atoms in total. The molecule has 1 fully saturated rings. The monoisotopic (exact) mass is 500 g/mol. The van der Waals surface area contributed by atoms with Crippen molar-refractivity contribution >= 4 is 23.4 Å². The standard InChI is InChI=1S/C28H36N8O/c1-5-30-27-24(25(29)35(19-20(2)3)28(37)34(27)4)26(33-22-10-7-6-8-11-22)31-18-21-12-14-23(15-13-21)36-17-9-16-32-36/h6-17,20,24,26,29,31,33H,5,18-19H2,1-4H3/b29-25?,30-27-/t24-,26?/m1/s1. The summed E-state index contributed by atoms with van der Waals surface area (Å²) in [5, 5.41) is 20.6. The van der Waals surface area contributed by atoms with Crippen molar-refractivity contribution in [3.8, 4) is 5.69 Å². The molecular weight excluding hydrogens is 464 g/mol. The summed E-state index contributed by atoms with van der Waals surface area (Å²) in [7, 11) is 1.75. The topological polar surface area (TPSA) is 102 Å². The largest absolute Gasteiger partial charge is 0.369 e. The number of urea groups is 1. The van der Waals surface area contributed by atoms with E-state index in [9.17, 15) is 4.79 Å². The van der Waals surface area contributed by atoms with Crippen LogP contribution in [0.25, 0.3) is 5.69 Å². The molecule has 0 saturated carbocycles. The summed E-state index contributed by atoms with van der Waals surface area (Å²) in [5.74, 6) is 0.598. The Labute approximate surface area is 218 Å². The minimum Gasteiger partial charge on any atom is -0.369 e. The number of nitrogens with zero attached hydrogens (tertiary/aromatic N) is 5. The van der Waals surface area contributed by atoms with Crippen molar-refractivity contribution in [1.82, 2.24) is 24.9 Å². The molecular formula is C28H36N8O. The maximum atomic E-state index is 13.2. The van der Waals surface area contributed by atoms with Crippen LogP contribution in [-0.4, -0.2) is 63.6 Å². The van der Waals surface area contributed by atoms with E-state index in [1.165, 1.54) is 0 Å². The molecule has 2 heterocycles. The molecule has 1 unspecified atom stereocenters. The Balaban J connectivity index is 1.63. The minimum absolute atomic E-state index is 0.213. The van der Waals surface area contributed by atoms with E-state index in [1.807, 2.05) is 66.3 Å². The summed E-state index contributed by atoms with van der Waals surface area (Å²) in [4.78, 5) is 21.0. The predicted octanol–water partition coefficient (Wildman–Crippen LogP) is 4.44. The Morgan fingerprint density at radius 3 is 2.43 bits per heavy atom. The van der Waals surface area contributed by atoms with Crippen molar-refractivity contribution in [2.75, 3.05) is 25.5 Å². The molecule has 1 saturated heterocycles. The van der Waals surface area contributed by atoms with Gasteiger partial charge in [0.2, 0.25) is 0 Å². The van der Waals surface area contributed by atoms with Crippen LogP contribution in [0.4, 0.5) is 10.5 Å². The molecule has 3 aromatic rings. The lowest BCUT2D eigenvalue weighted by atomic mass is 9.96. The summed E-state index contributed by atoms with van der Waals surface area (Å²) < 4.78 is 1.82. The lowest BCUT2D eigenvalue weighted by molar-refractivity contribution is 0.191. The Morgan fingerprint density at radius 1 is 1.08 bits per heavy atom. The van der Waals surface area contributed by atoms with Crippen LogP contribution in [0.15, 0.2) is 78.0 Å². The van der Waals surface area contributed by atoms with Crippen molar-refractivity contribution in [3.63, 3.8) is 0 Å². The first kappa shape index (κ1) is 26.1. The van der Waals surface area contributed by atoms with Crippen LogP contribution in [0, 0.1) is 17.2 Å². The van der Waals surface area contributed by atoms with Gasteiger partial charge >= 0.3 is 6.03 Å². The van der Waals surface area contributed by atoms with Crippen molar-refractivity contribution < 1.29 is 4.79 Å². The zero-order valence-electron chi connectivity index (χ0n) is 21.9. The molecule has 0 radical (unpaired) electrons. The fourth-order valence-electron chi connectivity index (χ4n) is 4.48. The van der Waals surface area contributed by atoms with Gasteiger partial charge in [-0.25, -0.2) is 9.48 Å². The second kappa shape index (κ2) is 11.8. The number of carbonyl (C=O) groups is 1. The van der Waals surface area contributed by atoms with E-state index in [0.29, 0.717) is 25.5 Å². The van der Waals surface area contributed by atoms with Gasteiger partial charge in [-0.3, -0.25) is 25.5 Å². The Hall–Kier alpha value is -3.98. The Kier molecular flexibility index (Phi) is 8.35. The summed E-state index contributed by atoms with van der Waals surface area (Å²) in [6, 6.07) is 19.8. The average molecular weight is 501 g/mol. The van der Waals surface area contributed by atoms with Crippen molar-refractivity contribution in [2.45, 2.75) is 33.5 Å². The van der Waals surface area contributed by atoms with E-state index >= 15 is 0 Å². The van der Waals surface area contributed by atoms with Crippen LogP contribution in [0.2, 0.25) is 0 Å². The third-order valence-corrected chi connectivity index (χ3v) is 6.25. The highest BCUT2D eigenvalue weighted by atomic mass is 16.2. The first-order chi connectivity index (χ1) is 17.9. The molecule has 9 heteroatoms. The second-order valence-corrected chi connectivity index (χ2v) is 9.53. The van der Waals surface area contributed by atoms with Crippen LogP contribution in [-0.2, 0) is 6.54 Å². The summed E-state index contributed by atoms with van der Waals surface area (Å²) in [6.45, 7) is 7.61. The van der Waals surface area contributed by atoms with E-state index < -0.39 is 5.92 Å². The Bertz CT molecular complexity index is 1200. The van der Waals surface area contributed by atoms with E-state index in [0.717, 1.165) is 16.9 Å². The number of anilines is 1. The lowest BCUT2D eigenvalue weighted by Crippen LogP contribution is -2.64. The van der Waals surface area contributed by atoms with Gasteiger partial charge in [0.1, 0.15) is 17.6 Å². The molecule has 0 spiro atoms. The van der Waals surface area contributed by atoms with Gasteiger partial charge in [0, 0.05) is 44.8 Å². The van der Waals surface area contributed by atoms with Gasteiger partial charge in [0.15, 0.2) is 0 Å². The molecule has 1 aromatic heterocycles. The summed E-state index contributed by atoms with van der Waals surface area (Å²) in [5.41, 5.74) is 3.01. The highest BCUT2D eigenvalue weighted by molar-refractivity contribution is 6.19. The number of aliphatic imine (C=N–C) groups is 1. The maximum absolute atomic E-state index is 13.2. The predicted molar refractivity (Wildman–Crippen MR) is 148 cm³/mol. The summed E-state index contributed by atoms with van der Waals surface area (Å²) in [6.07, 6.45) is 3.29. The number of amides is 2. The van der Waals surface area contributed by atoms with E-state index in [-0.39, 0.29) is 24.0 Å². The molecule has 0 bridgehead atoms. The first-order valence-electron chi connectivity index (χ1n) is 12.7. The van der Waals surface area contributed by atoms with Gasteiger partial charge in [0.05, 0.1) is 11.9 Å². The van der Waals surface area contributed by atoms with E-state index in [4.69, 9.17) is 5.41 Å². The number of aromatic nitrogens is 2. The number of hydrogen-bond donors (Lipinski definition) is 3. The molecule has 194 valence electrons. The van der Waals surface area contributed by atoms with Gasteiger partial charge in [-0.15, -0.1) is 0 Å². The average Bonchev–Trinajstić information content (AvgIpc) is 3.44. The van der Waals surface area contributed by atoms with Crippen LogP contribution in [0.1, 0.15) is 26.3 Å². The van der Waals surface area contributed by atoms with Gasteiger partial charge in [-0.05, 0) is 48.7 Å². The fraction of sp³-hybridized carbons (Fsp3) is 0.357. The van der Waals surface area contributed by atoms with Crippen molar-refractivity contribution in [1.29, 1.82) is 5.41 Å². The van der Waals surface area contributed by atoms with Crippen LogP contribution in [0.5, 0.6) is 0 Å². The molecule has 4 rings (SSSR count). The number of carbonyl (C=O) groups excluding carboxylic acids is 1. The van der Waals surface area contributed by atoms with E-state index in [1.54, 1.807) is 23.0 Å². The molecule has 2 amide bonds.